The normalized spacial score (nSPS) is 13.3. The van der Waals surface area contributed by atoms with Gasteiger partial charge in [-0.15, -0.1) is 0 Å². The van der Waals surface area contributed by atoms with Crippen LogP contribution in [0.5, 0.6) is 17.2 Å². The molecular weight excluding hydrogens is 290 g/mol. The average Bonchev–Trinajstić information content (AvgIpc) is 3.00. The maximum Gasteiger partial charge on any atom is 0.231 e. The Morgan fingerprint density at radius 1 is 1.04 bits per heavy atom. The van der Waals surface area contributed by atoms with Crippen molar-refractivity contribution in [3.05, 3.63) is 42.0 Å². The fraction of sp³-hybridized carbons (Fsp3) is 0.263. The number of nitrogens with zero attached hydrogens (tertiary/aromatic N) is 1. The lowest BCUT2D eigenvalue weighted by Gasteiger charge is -2.14. The number of phenols is 1. The molecule has 3 aromatic rings. The van der Waals surface area contributed by atoms with E-state index < -0.39 is 0 Å². The minimum absolute atomic E-state index is 0.247. The molecule has 4 heteroatoms. The monoisotopic (exact) mass is 309 g/mol. The van der Waals surface area contributed by atoms with E-state index in [9.17, 15) is 5.11 Å². The molecule has 0 atom stereocenters. The first-order valence-electron chi connectivity index (χ1n) is 7.76. The Morgan fingerprint density at radius 3 is 2.70 bits per heavy atom. The van der Waals surface area contributed by atoms with Crippen LogP contribution in [0.4, 0.5) is 0 Å². The summed E-state index contributed by atoms with van der Waals surface area (Å²) in [6.45, 7) is 1.21. The summed E-state index contributed by atoms with van der Waals surface area (Å²) < 4.78 is 11.4. The van der Waals surface area contributed by atoms with Gasteiger partial charge in [0, 0.05) is 17.3 Å². The number of likely N-dealkylation sites (N-methyl/N-ethyl adjacent to an activating group) is 1. The zero-order valence-electron chi connectivity index (χ0n) is 13.3. The molecule has 1 N–H and O–H groups in total. The van der Waals surface area contributed by atoms with Crippen molar-refractivity contribution in [2.45, 2.75) is 6.42 Å². The maximum atomic E-state index is 10.1. The molecule has 1 aliphatic heterocycles. The summed E-state index contributed by atoms with van der Waals surface area (Å²) in [5.41, 5.74) is 1.24. The topological polar surface area (TPSA) is 41.9 Å². The van der Waals surface area contributed by atoms with Crippen LogP contribution in [-0.2, 0) is 6.42 Å². The molecule has 23 heavy (non-hydrogen) atoms. The molecule has 4 nitrogen and oxygen atoms in total. The third kappa shape index (κ3) is 2.26. The Kier molecular flexibility index (Phi) is 3.27. The van der Waals surface area contributed by atoms with Gasteiger partial charge in [0.15, 0.2) is 11.5 Å². The highest BCUT2D eigenvalue weighted by Crippen LogP contribution is 2.45. The van der Waals surface area contributed by atoms with E-state index in [4.69, 9.17) is 9.47 Å². The predicted molar refractivity (Wildman–Crippen MR) is 91.5 cm³/mol. The van der Waals surface area contributed by atoms with Crippen LogP contribution in [0.2, 0.25) is 0 Å². The largest absolute Gasteiger partial charge is 0.507 e. The Morgan fingerprint density at radius 2 is 1.87 bits per heavy atom. The van der Waals surface area contributed by atoms with Gasteiger partial charge in [0.25, 0.3) is 0 Å². The predicted octanol–water partition coefficient (Wildman–Crippen LogP) is 3.53. The van der Waals surface area contributed by atoms with Crippen molar-refractivity contribution >= 4 is 21.5 Å². The van der Waals surface area contributed by atoms with Gasteiger partial charge in [-0.2, -0.15) is 0 Å². The summed E-state index contributed by atoms with van der Waals surface area (Å²) in [5, 5.41) is 14.2. The van der Waals surface area contributed by atoms with E-state index >= 15 is 0 Å². The van der Waals surface area contributed by atoms with E-state index in [0.29, 0.717) is 0 Å². The highest BCUT2D eigenvalue weighted by molar-refractivity contribution is 6.14. The number of hydrogen-bond acceptors (Lipinski definition) is 4. The van der Waals surface area contributed by atoms with Crippen molar-refractivity contribution in [2.75, 3.05) is 27.4 Å². The van der Waals surface area contributed by atoms with Crippen molar-refractivity contribution in [3.63, 3.8) is 0 Å². The Balaban J connectivity index is 2.04. The average molecular weight is 309 g/mol. The first-order valence-corrected chi connectivity index (χ1v) is 7.76. The molecule has 0 unspecified atom stereocenters. The van der Waals surface area contributed by atoms with Gasteiger partial charge in [-0.05, 0) is 49.0 Å². The van der Waals surface area contributed by atoms with E-state index in [2.05, 4.69) is 31.1 Å². The molecule has 1 aliphatic rings. The third-order valence-electron chi connectivity index (χ3n) is 4.39. The molecule has 0 fully saturated rings. The highest BCUT2D eigenvalue weighted by atomic mass is 16.7. The molecule has 118 valence electrons. The van der Waals surface area contributed by atoms with E-state index in [-0.39, 0.29) is 12.5 Å². The zero-order valence-corrected chi connectivity index (χ0v) is 13.3. The molecule has 1 heterocycles. The van der Waals surface area contributed by atoms with Crippen molar-refractivity contribution in [2.24, 2.45) is 0 Å². The van der Waals surface area contributed by atoms with Gasteiger partial charge >= 0.3 is 0 Å². The molecular formula is C19H19NO3. The van der Waals surface area contributed by atoms with Crippen LogP contribution in [-0.4, -0.2) is 37.4 Å². The maximum absolute atomic E-state index is 10.1. The van der Waals surface area contributed by atoms with E-state index in [0.717, 1.165) is 46.0 Å². The number of aromatic hydroxyl groups is 1. The van der Waals surface area contributed by atoms with Crippen LogP contribution >= 0.6 is 0 Å². The number of ether oxygens (including phenoxy) is 2. The molecule has 0 spiro atoms. The first-order chi connectivity index (χ1) is 11.1. The summed E-state index contributed by atoms with van der Waals surface area (Å²) in [6, 6.07) is 11.7. The van der Waals surface area contributed by atoms with Gasteiger partial charge in [0.1, 0.15) is 5.75 Å². The summed E-state index contributed by atoms with van der Waals surface area (Å²) in [7, 11) is 4.14. The summed E-state index contributed by atoms with van der Waals surface area (Å²) >= 11 is 0. The van der Waals surface area contributed by atoms with Crippen LogP contribution in [0.15, 0.2) is 36.4 Å². The summed E-state index contributed by atoms with van der Waals surface area (Å²) in [6.07, 6.45) is 0.935. The summed E-state index contributed by atoms with van der Waals surface area (Å²) in [5.74, 6) is 1.86. The Labute approximate surface area is 134 Å². The molecule has 0 amide bonds. The lowest BCUT2D eigenvalue weighted by molar-refractivity contribution is 0.175. The van der Waals surface area contributed by atoms with Crippen LogP contribution in [0.3, 0.4) is 0 Å². The van der Waals surface area contributed by atoms with Crippen LogP contribution in [0, 0.1) is 0 Å². The first kappa shape index (κ1) is 14.2. The van der Waals surface area contributed by atoms with E-state index in [1.807, 2.05) is 18.2 Å². The molecule has 0 radical (unpaired) electrons. The molecule has 3 aromatic carbocycles. The molecule has 0 aliphatic carbocycles. The van der Waals surface area contributed by atoms with Gasteiger partial charge in [-0.25, -0.2) is 0 Å². The minimum Gasteiger partial charge on any atom is -0.507 e. The second kappa shape index (κ2) is 5.32. The molecule has 0 bridgehead atoms. The van der Waals surface area contributed by atoms with Gasteiger partial charge < -0.3 is 19.5 Å². The molecule has 4 rings (SSSR count). The lowest BCUT2D eigenvalue weighted by atomic mass is 9.95. The fourth-order valence-corrected chi connectivity index (χ4v) is 3.23. The second-order valence-corrected chi connectivity index (χ2v) is 6.18. The number of hydrogen-bond donors (Lipinski definition) is 1. The van der Waals surface area contributed by atoms with E-state index in [1.165, 1.54) is 5.56 Å². The van der Waals surface area contributed by atoms with Gasteiger partial charge in [0.2, 0.25) is 6.79 Å². The number of benzene rings is 3. The third-order valence-corrected chi connectivity index (χ3v) is 4.39. The number of rotatable bonds is 3. The van der Waals surface area contributed by atoms with Crippen LogP contribution < -0.4 is 9.47 Å². The highest BCUT2D eigenvalue weighted by Gasteiger charge is 2.21. The SMILES string of the molecule is CN(C)CCc1cc2c(c3c1ccc1c(O)cccc13)OCO2. The molecule has 0 saturated carbocycles. The zero-order chi connectivity index (χ0) is 16.0. The van der Waals surface area contributed by atoms with Gasteiger partial charge in [-0.3, -0.25) is 0 Å². The Bertz CT molecular complexity index is 902. The standard InChI is InChI=1S/C19H19NO3/c1-20(2)9-8-12-10-17-19(23-11-22-17)18-13(12)6-7-14-15(18)4-3-5-16(14)21/h3-7,10,21H,8-9,11H2,1-2H3. The fourth-order valence-electron chi connectivity index (χ4n) is 3.23. The van der Waals surface area contributed by atoms with Crippen molar-refractivity contribution < 1.29 is 14.6 Å². The summed E-state index contributed by atoms with van der Waals surface area (Å²) in [4.78, 5) is 2.17. The van der Waals surface area contributed by atoms with Crippen molar-refractivity contribution in [1.82, 2.24) is 4.90 Å². The minimum atomic E-state index is 0.247. The van der Waals surface area contributed by atoms with Gasteiger partial charge in [0.05, 0.1) is 0 Å². The van der Waals surface area contributed by atoms with Crippen LogP contribution in [0.25, 0.3) is 21.5 Å². The smallest absolute Gasteiger partial charge is 0.231 e. The quantitative estimate of drug-likeness (QED) is 0.752. The van der Waals surface area contributed by atoms with Crippen molar-refractivity contribution in [3.8, 4) is 17.2 Å². The van der Waals surface area contributed by atoms with E-state index in [1.54, 1.807) is 6.07 Å². The molecule has 0 aromatic heterocycles. The Hall–Kier alpha value is -2.46. The number of fused-ring (bicyclic) bond motifs is 5. The number of phenolic OH excluding ortho intramolecular Hbond substituents is 1. The lowest BCUT2D eigenvalue weighted by Crippen LogP contribution is -2.15. The second-order valence-electron chi connectivity index (χ2n) is 6.18. The molecule has 0 saturated heterocycles. The van der Waals surface area contributed by atoms with Crippen molar-refractivity contribution in [1.29, 1.82) is 0 Å². The van der Waals surface area contributed by atoms with Crippen LogP contribution in [0.1, 0.15) is 5.56 Å². The van der Waals surface area contributed by atoms with Gasteiger partial charge in [-0.1, -0.05) is 24.3 Å².